The minimum atomic E-state index is -1.66. The lowest BCUT2D eigenvalue weighted by Crippen LogP contribution is -2.36. The van der Waals surface area contributed by atoms with Crippen LogP contribution in [0.2, 0.25) is 0 Å². The molecule has 2 N–H and O–H groups in total. The number of aliphatic hydroxyl groups is 1. The zero-order chi connectivity index (χ0) is 23.9. The largest absolute Gasteiger partial charge is 0.374 e. The molecule has 5 heterocycles. The van der Waals surface area contributed by atoms with Crippen LogP contribution in [0.3, 0.4) is 0 Å². The van der Waals surface area contributed by atoms with Gasteiger partial charge in [0.15, 0.2) is 11.4 Å². The number of carbonyl (C=O) groups excluding carboxylic acids is 1. The molecular formula is C22H24N10O2. The number of anilines is 1. The molecule has 1 aliphatic rings. The summed E-state index contributed by atoms with van der Waals surface area (Å²) in [5, 5.41) is 26.4. The first kappa shape index (κ1) is 21.6. The minimum Gasteiger partial charge on any atom is -0.374 e. The van der Waals surface area contributed by atoms with Gasteiger partial charge in [-0.2, -0.15) is 5.10 Å². The smallest absolute Gasteiger partial charge is 0.260 e. The fourth-order valence-corrected chi connectivity index (χ4v) is 3.86. The second-order valence-corrected chi connectivity index (χ2v) is 8.35. The number of carbonyl (C=O) groups is 1. The summed E-state index contributed by atoms with van der Waals surface area (Å²) < 4.78 is 3.18. The van der Waals surface area contributed by atoms with Crippen LogP contribution in [-0.2, 0) is 17.4 Å². The van der Waals surface area contributed by atoms with Crippen LogP contribution in [0.5, 0.6) is 0 Å². The van der Waals surface area contributed by atoms with E-state index >= 15 is 0 Å². The molecular weight excluding hydrogens is 436 g/mol. The molecule has 34 heavy (non-hydrogen) atoms. The predicted octanol–water partition coefficient (Wildman–Crippen LogP) is 1.08. The Bertz CT molecular complexity index is 1350. The van der Waals surface area contributed by atoms with Gasteiger partial charge in [0.2, 0.25) is 5.95 Å². The second-order valence-electron chi connectivity index (χ2n) is 8.35. The van der Waals surface area contributed by atoms with E-state index in [-0.39, 0.29) is 24.1 Å². The van der Waals surface area contributed by atoms with Gasteiger partial charge in [-0.1, -0.05) is 11.3 Å². The van der Waals surface area contributed by atoms with Gasteiger partial charge >= 0.3 is 0 Å². The Labute approximate surface area is 195 Å². The molecule has 0 spiro atoms. The van der Waals surface area contributed by atoms with Gasteiger partial charge in [0.1, 0.15) is 5.69 Å². The van der Waals surface area contributed by atoms with E-state index in [2.05, 4.69) is 35.7 Å². The van der Waals surface area contributed by atoms with Crippen molar-refractivity contribution < 1.29 is 9.90 Å². The highest BCUT2D eigenvalue weighted by atomic mass is 16.3. The van der Waals surface area contributed by atoms with Crippen molar-refractivity contribution in [1.29, 1.82) is 0 Å². The summed E-state index contributed by atoms with van der Waals surface area (Å²) in [5.74, 6) is 0.563. The van der Waals surface area contributed by atoms with Crippen LogP contribution in [-0.4, -0.2) is 69.2 Å². The van der Waals surface area contributed by atoms with E-state index < -0.39 is 5.60 Å². The molecule has 0 aliphatic carbocycles. The van der Waals surface area contributed by atoms with Gasteiger partial charge in [0.05, 0.1) is 29.8 Å². The first-order valence-corrected chi connectivity index (χ1v) is 10.8. The number of nitrogens with zero attached hydrogens (tertiary/aromatic N) is 9. The number of pyridine rings is 1. The number of likely N-dealkylation sites (N-methyl/N-ethyl adjacent to an activating group) is 1. The Hall–Kier alpha value is -4.19. The lowest BCUT2D eigenvalue weighted by atomic mass is 9.99. The topological polar surface area (TPSA) is 140 Å². The fourth-order valence-electron chi connectivity index (χ4n) is 3.86. The van der Waals surface area contributed by atoms with E-state index in [1.807, 2.05) is 32.3 Å². The molecule has 4 aromatic rings. The molecule has 12 nitrogen and oxygen atoms in total. The van der Waals surface area contributed by atoms with E-state index in [4.69, 9.17) is 0 Å². The van der Waals surface area contributed by atoms with Crippen LogP contribution < -0.4 is 5.32 Å². The minimum absolute atomic E-state index is 0.0278. The molecule has 1 saturated heterocycles. The lowest BCUT2D eigenvalue weighted by Gasteiger charge is -2.17. The molecule has 0 radical (unpaired) electrons. The van der Waals surface area contributed by atoms with Crippen LogP contribution in [0.15, 0.2) is 49.1 Å². The number of likely N-dealkylation sites (tertiary alicyclic amines) is 1. The third-order valence-corrected chi connectivity index (χ3v) is 5.88. The summed E-state index contributed by atoms with van der Waals surface area (Å²) in [6, 6.07) is 7.17. The van der Waals surface area contributed by atoms with Crippen LogP contribution in [0, 0.1) is 0 Å². The van der Waals surface area contributed by atoms with Gasteiger partial charge in [-0.15, -0.1) is 5.10 Å². The summed E-state index contributed by atoms with van der Waals surface area (Å²) in [6.07, 6.45) is 7.20. The third-order valence-electron chi connectivity index (χ3n) is 5.88. The molecule has 1 amide bonds. The van der Waals surface area contributed by atoms with Crippen molar-refractivity contribution in [3.8, 4) is 17.2 Å². The molecule has 0 aromatic carbocycles. The highest BCUT2D eigenvalue weighted by Gasteiger charge is 2.47. The summed E-state index contributed by atoms with van der Waals surface area (Å²) in [5.41, 5.74) is 0.802. The van der Waals surface area contributed by atoms with Gasteiger partial charge in [-0.05, 0) is 25.1 Å². The van der Waals surface area contributed by atoms with Crippen molar-refractivity contribution in [3.05, 3.63) is 60.3 Å². The number of amides is 1. The maximum absolute atomic E-state index is 12.4. The maximum Gasteiger partial charge on any atom is 0.260 e. The average Bonchev–Trinajstić information content (AvgIpc) is 3.57. The molecule has 1 unspecified atom stereocenters. The van der Waals surface area contributed by atoms with Crippen molar-refractivity contribution in [2.24, 2.45) is 7.05 Å². The second kappa shape index (κ2) is 8.30. The zero-order valence-electron chi connectivity index (χ0n) is 19.0. The normalized spacial score (nSPS) is 18.9. The SMILES string of the molecule is CC(Nc1nccc(-c2cccc(-n3cc([C@]4(O)CCN(C)C4=O)nn3)n2)n1)c1cnn(C)c1. The quantitative estimate of drug-likeness (QED) is 0.432. The monoisotopic (exact) mass is 460 g/mol. The van der Waals surface area contributed by atoms with Crippen molar-refractivity contribution in [1.82, 2.24) is 44.6 Å². The Morgan fingerprint density at radius 3 is 2.71 bits per heavy atom. The molecule has 5 rings (SSSR count). The number of aryl methyl sites for hydroxylation is 1. The molecule has 2 atom stereocenters. The van der Waals surface area contributed by atoms with Gasteiger partial charge in [-0.25, -0.2) is 19.6 Å². The van der Waals surface area contributed by atoms with Crippen molar-refractivity contribution >= 4 is 11.9 Å². The molecule has 0 bridgehead atoms. The van der Waals surface area contributed by atoms with Crippen LogP contribution in [0.25, 0.3) is 17.2 Å². The Morgan fingerprint density at radius 1 is 1.15 bits per heavy atom. The molecule has 4 aromatic heterocycles. The van der Waals surface area contributed by atoms with Crippen molar-refractivity contribution in [2.75, 3.05) is 18.9 Å². The van der Waals surface area contributed by atoms with Crippen molar-refractivity contribution in [2.45, 2.75) is 25.0 Å². The highest BCUT2D eigenvalue weighted by molar-refractivity contribution is 5.87. The molecule has 1 aliphatic heterocycles. The average molecular weight is 461 g/mol. The Kier molecular flexibility index (Phi) is 5.28. The third kappa shape index (κ3) is 3.88. The van der Waals surface area contributed by atoms with Crippen LogP contribution in [0.4, 0.5) is 5.95 Å². The van der Waals surface area contributed by atoms with E-state index in [9.17, 15) is 9.90 Å². The maximum atomic E-state index is 12.4. The van der Waals surface area contributed by atoms with Gasteiger partial charge in [0, 0.05) is 45.0 Å². The molecule has 1 fully saturated rings. The summed E-state index contributed by atoms with van der Waals surface area (Å²) >= 11 is 0. The summed E-state index contributed by atoms with van der Waals surface area (Å²) in [7, 11) is 3.52. The highest BCUT2D eigenvalue weighted by Crippen LogP contribution is 2.31. The summed E-state index contributed by atoms with van der Waals surface area (Å²) in [4.78, 5) is 27.4. The first-order valence-electron chi connectivity index (χ1n) is 10.8. The summed E-state index contributed by atoms with van der Waals surface area (Å²) in [6.45, 7) is 2.47. The number of aromatic nitrogens is 8. The van der Waals surface area contributed by atoms with Crippen molar-refractivity contribution in [3.63, 3.8) is 0 Å². The van der Waals surface area contributed by atoms with Gasteiger partial charge in [0.25, 0.3) is 5.91 Å². The van der Waals surface area contributed by atoms with E-state index in [1.54, 1.807) is 36.3 Å². The molecule has 174 valence electrons. The number of nitrogens with one attached hydrogen (secondary N) is 1. The van der Waals surface area contributed by atoms with E-state index in [0.717, 1.165) is 5.56 Å². The fraction of sp³-hybridized carbons (Fsp3) is 0.318. The number of hydrogen-bond acceptors (Lipinski definition) is 9. The lowest BCUT2D eigenvalue weighted by molar-refractivity contribution is -0.143. The number of hydrogen-bond donors (Lipinski definition) is 2. The Morgan fingerprint density at radius 2 is 1.97 bits per heavy atom. The van der Waals surface area contributed by atoms with Gasteiger partial charge in [-0.3, -0.25) is 9.48 Å². The van der Waals surface area contributed by atoms with E-state index in [1.165, 1.54) is 15.8 Å². The Balaban J connectivity index is 1.38. The van der Waals surface area contributed by atoms with Crippen LogP contribution in [0.1, 0.15) is 30.6 Å². The zero-order valence-corrected chi connectivity index (χ0v) is 19.0. The molecule has 12 heteroatoms. The predicted molar refractivity (Wildman–Crippen MR) is 122 cm³/mol. The van der Waals surface area contributed by atoms with Crippen LogP contribution >= 0.6 is 0 Å². The first-order chi connectivity index (χ1) is 16.3. The molecule has 0 saturated carbocycles. The standard InChI is InChI=1S/C22H24N10O2/c1-14(15-11-24-31(3)12-15)25-21-23-9-7-17(27-21)16-5-4-6-19(26-16)32-13-18(28-29-32)22(34)8-10-30(2)20(22)33/h4-7,9,11-14,34H,8,10H2,1-3H3,(H,23,25,27)/t14?,22-/m1/s1. The van der Waals surface area contributed by atoms with Gasteiger partial charge < -0.3 is 15.3 Å². The van der Waals surface area contributed by atoms with E-state index in [0.29, 0.717) is 29.7 Å². The number of rotatable bonds is 6.